The van der Waals surface area contributed by atoms with Gasteiger partial charge in [0.15, 0.2) is 11.4 Å². The van der Waals surface area contributed by atoms with Crippen LogP contribution >= 0.6 is 0 Å². The zero-order valence-corrected chi connectivity index (χ0v) is 20.7. The van der Waals surface area contributed by atoms with Gasteiger partial charge >= 0.3 is 6.03 Å². The van der Waals surface area contributed by atoms with Crippen LogP contribution in [0.2, 0.25) is 0 Å². The average Bonchev–Trinajstić information content (AvgIpc) is 2.93. The van der Waals surface area contributed by atoms with Crippen molar-refractivity contribution in [1.29, 1.82) is 0 Å². The Morgan fingerprint density at radius 1 is 1.05 bits per heavy atom. The first-order valence-electron chi connectivity index (χ1n) is 12.0. The van der Waals surface area contributed by atoms with E-state index < -0.39 is 23.4 Å². The summed E-state index contributed by atoms with van der Waals surface area (Å²) < 4.78 is 5.40. The first-order valence-corrected chi connectivity index (χ1v) is 12.0. The third-order valence-electron chi connectivity index (χ3n) is 5.72. The summed E-state index contributed by atoms with van der Waals surface area (Å²) in [5.74, 6) is 4.65. The van der Waals surface area contributed by atoms with E-state index >= 15 is 0 Å². The fraction of sp³-hybridized carbons (Fsp3) is 0.214. The highest BCUT2D eigenvalue weighted by atomic mass is 16.5. The third-order valence-corrected chi connectivity index (χ3v) is 5.72. The number of rotatable bonds is 7. The van der Waals surface area contributed by atoms with Gasteiger partial charge in [0.1, 0.15) is 5.69 Å². The van der Waals surface area contributed by atoms with Gasteiger partial charge in [-0.15, -0.1) is 6.58 Å². The Bertz CT molecular complexity index is 1370. The van der Waals surface area contributed by atoms with Gasteiger partial charge in [0.05, 0.1) is 13.2 Å². The predicted octanol–water partition coefficient (Wildman–Crippen LogP) is 2.49. The van der Waals surface area contributed by atoms with Crippen LogP contribution in [-0.2, 0) is 11.3 Å². The number of ether oxygens (including phenoxy) is 1. The quantitative estimate of drug-likeness (QED) is 0.281. The lowest BCUT2D eigenvalue weighted by atomic mass is 10.1. The molecule has 3 amide bonds. The van der Waals surface area contributed by atoms with Crippen molar-refractivity contribution in [3.63, 3.8) is 0 Å². The summed E-state index contributed by atoms with van der Waals surface area (Å²) in [6.45, 7) is 8.07. The van der Waals surface area contributed by atoms with E-state index in [1.54, 1.807) is 24.3 Å². The predicted molar refractivity (Wildman–Crippen MR) is 143 cm³/mol. The molecule has 5 N–H and O–H groups in total. The van der Waals surface area contributed by atoms with E-state index in [4.69, 9.17) is 10.5 Å². The fourth-order valence-corrected chi connectivity index (χ4v) is 3.76. The number of aromatic hydroxyl groups is 1. The van der Waals surface area contributed by atoms with Crippen LogP contribution in [0.4, 0.5) is 10.7 Å². The highest BCUT2D eigenvalue weighted by Crippen LogP contribution is 2.30. The summed E-state index contributed by atoms with van der Waals surface area (Å²) >= 11 is 0. The summed E-state index contributed by atoms with van der Waals surface area (Å²) in [5, 5.41) is 15.5. The van der Waals surface area contributed by atoms with Gasteiger partial charge in [-0.25, -0.2) is 14.8 Å². The number of hydrogen-bond acceptors (Lipinski definition) is 7. The molecule has 10 heteroatoms. The Hall–Kier alpha value is -4.72. The average molecular weight is 513 g/mol. The molecule has 0 radical (unpaired) electrons. The van der Waals surface area contributed by atoms with E-state index in [2.05, 4.69) is 56.1 Å². The number of anilines is 1. The summed E-state index contributed by atoms with van der Waals surface area (Å²) in [6.07, 6.45) is 1.50. The first-order chi connectivity index (χ1) is 18.4. The standard InChI is InChI=1S/C28H28N6O4/c1-2-13-30-28(37)33-27-31-23(25(35)24(32-27)26(29)36)22-11-9-20(10-12-22)4-3-19-5-7-21(8-6-19)18-34-14-16-38-17-15-34/h2,5-12,35H,1,13-18H2,(H2,29,36)(H2,30,31,32,33,37). The van der Waals surface area contributed by atoms with Crippen LogP contribution in [0.15, 0.2) is 61.2 Å². The second kappa shape index (κ2) is 12.5. The molecule has 0 unspecified atom stereocenters. The molecule has 0 spiro atoms. The topological polar surface area (TPSA) is 143 Å². The number of aromatic nitrogens is 2. The molecule has 0 saturated carbocycles. The lowest BCUT2D eigenvalue weighted by Crippen LogP contribution is -2.35. The van der Waals surface area contributed by atoms with E-state index in [0.717, 1.165) is 44.0 Å². The van der Waals surface area contributed by atoms with E-state index in [1.165, 1.54) is 11.6 Å². The number of morpholine rings is 1. The summed E-state index contributed by atoms with van der Waals surface area (Å²) in [7, 11) is 0. The number of nitrogens with zero attached hydrogens (tertiary/aromatic N) is 3. The van der Waals surface area contributed by atoms with Gasteiger partial charge in [-0.3, -0.25) is 15.0 Å². The molecule has 1 aliphatic rings. The van der Waals surface area contributed by atoms with Gasteiger partial charge in [0.25, 0.3) is 5.91 Å². The van der Waals surface area contributed by atoms with E-state index in [-0.39, 0.29) is 18.2 Å². The smallest absolute Gasteiger partial charge is 0.321 e. The molecule has 1 fully saturated rings. The Labute approximate surface area is 220 Å². The normalized spacial score (nSPS) is 13.2. The first kappa shape index (κ1) is 26.3. The molecule has 10 nitrogen and oxygen atoms in total. The molecule has 2 aromatic carbocycles. The molecule has 0 atom stereocenters. The number of nitrogens with two attached hydrogens (primary N) is 1. The van der Waals surface area contributed by atoms with Gasteiger partial charge in [0, 0.05) is 42.9 Å². The molecule has 1 saturated heterocycles. The highest BCUT2D eigenvalue weighted by molar-refractivity contribution is 5.97. The fourth-order valence-electron chi connectivity index (χ4n) is 3.76. The van der Waals surface area contributed by atoms with E-state index in [0.29, 0.717) is 5.56 Å². The Kier molecular flexibility index (Phi) is 8.66. The molecular weight excluding hydrogens is 484 g/mol. The maximum absolute atomic E-state index is 12.0. The maximum atomic E-state index is 12.0. The minimum absolute atomic E-state index is 0.0446. The zero-order valence-electron chi connectivity index (χ0n) is 20.7. The molecule has 1 aliphatic heterocycles. The van der Waals surface area contributed by atoms with Crippen molar-refractivity contribution in [3.05, 3.63) is 83.6 Å². The second-order valence-corrected chi connectivity index (χ2v) is 8.49. The van der Waals surface area contributed by atoms with Crippen LogP contribution in [0.5, 0.6) is 5.75 Å². The number of amides is 3. The van der Waals surface area contributed by atoms with Crippen molar-refractivity contribution in [1.82, 2.24) is 20.2 Å². The lowest BCUT2D eigenvalue weighted by molar-refractivity contribution is 0.0342. The number of carbonyl (C=O) groups is 2. The van der Waals surface area contributed by atoms with Crippen molar-refractivity contribution in [2.45, 2.75) is 6.54 Å². The molecule has 1 aromatic heterocycles. The van der Waals surface area contributed by atoms with Crippen molar-refractivity contribution in [2.75, 3.05) is 38.2 Å². The summed E-state index contributed by atoms with van der Waals surface area (Å²) in [5.41, 5.74) is 8.35. The van der Waals surface area contributed by atoms with Crippen molar-refractivity contribution in [2.24, 2.45) is 5.73 Å². The Balaban J connectivity index is 1.49. The highest BCUT2D eigenvalue weighted by Gasteiger charge is 2.20. The molecule has 194 valence electrons. The third kappa shape index (κ3) is 6.94. The number of primary amides is 1. The lowest BCUT2D eigenvalue weighted by Gasteiger charge is -2.26. The number of benzene rings is 2. The number of hydrogen-bond donors (Lipinski definition) is 4. The second-order valence-electron chi connectivity index (χ2n) is 8.49. The van der Waals surface area contributed by atoms with Gasteiger partial charge in [0.2, 0.25) is 5.95 Å². The molecule has 38 heavy (non-hydrogen) atoms. The van der Waals surface area contributed by atoms with Gasteiger partial charge < -0.3 is 20.9 Å². The molecule has 2 heterocycles. The van der Waals surface area contributed by atoms with Crippen LogP contribution in [-0.4, -0.2) is 64.8 Å². The minimum atomic E-state index is -0.959. The monoisotopic (exact) mass is 512 g/mol. The van der Waals surface area contributed by atoms with Crippen LogP contribution in [0.3, 0.4) is 0 Å². The van der Waals surface area contributed by atoms with Gasteiger partial charge in [-0.2, -0.15) is 0 Å². The Morgan fingerprint density at radius 2 is 1.68 bits per heavy atom. The maximum Gasteiger partial charge on any atom is 0.321 e. The molecule has 0 bridgehead atoms. The SMILES string of the molecule is C=CCNC(=O)Nc1nc(C(N)=O)c(O)c(-c2ccc(C#Cc3ccc(CN4CCOCC4)cc3)cc2)n1. The molecule has 0 aliphatic carbocycles. The summed E-state index contributed by atoms with van der Waals surface area (Å²) in [6, 6.07) is 14.5. The number of urea groups is 1. The molecular formula is C28H28N6O4. The van der Waals surface area contributed by atoms with E-state index in [1.807, 2.05) is 12.1 Å². The van der Waals surface area contributed by atoms with Crippen LogP contribution in [0, 0.1) is 11.8 Å². The van der Waals surface area contributed by atoms with E-state index in [9.17, 15) is 14.7 Å². The van der Waals surface area contributed by atoms with Gasteiger partial charge in [-0.1, -0.05) is 42.2 Å². The summed E-state index contributed by atoms with van der Waals surface area (Å²) in [4.78, 5) is 34.2. The molecule has 4 rings (SSSR count). The van der Waals surface area contributed by atoms with Crippen LogP contribution in [0.25, 0.3) is 11.3 Å². The number of nitrogens with one attached hydrogen (secondary N) is 2. The number of carbonyl (C=O) groups excluding carboxylic acids is 2. The van der Waals surface area contributed by atoms with Crippen molar-refractivity contribution >= 4 is 17.9 Å². The van der Waals surface area contributed by atoms with Crippen molar-refractivity contribution in [3.8, 4) is 28.8 Å². The Morgan fingerprint density at radius 3 is 2.29 bits per heavy atom. The minimum Gasteiger partial charge on any atom is -0.504 e. The van der Waals surface area contributed by atoms with Gasteiger partial charge in [-0.05, 0) is 29.8 Å². The molecule has 3 aromatic rings. The van der Waals surface area contributed by atoms with Crippen molar-refractivity contribution < 1.29 is 19.4 Å². The largest absolute Gasteiger partial charge is 0.504 e. The van der Waals surface area contributed by atoms with Crippen LogP contribution < -0.4 is 16.4 Å². The van der Waals surface area contributed by atoms with Crippen LogP contribution in [0.1, 0.15) is 27.2 Å². The zero-order chi connectivity index (χ0) is 26.9.